The quantitative estimate of drug-likeness (QED) is 0.241. The summed E-state index contributed by atoms with van der Waals surface area (Å²) in [4.78, 5) is 1.84. The van der Waals surface area contributed by atoms with Crippen molar-refractivity contribution in [3.63, 3.8) is 0 Å². The lowest BCUT2D eigenvalue weighted by Gasteiger charge is -2.33. The molecule has 0 aliphatic carbocycles. The van der Waals surface area contributed by atoms with Crippen LogP contribution in [0.25, 0.3) is 10.9 Å². The van der Waals surface area contributed by atoms with Gasteiger partial charge in [0, 0.05) is 36.5 Å². The highest BCUT2D eigenvalue weighted by atomic mass is 32.2. The van der Waals surface area contributed by atoms with E-state index in [0.29, 0.717) is 29.6 Å². The second kappa shape index (κ2) is 10.7. The number of alkyl halides is 4. The Kier molecular flexibility index (Phi) is 7.80. The number of rotatable bonds is 6. The second-order valence-electron chi connectivity index (χ2n) is 9.39. The van der Waals surface area contributed by atoms with E-state index in [-0.39, 0.29) is 35.1 Å². The smallest absolute Gasteiger partial charge is 0.406 e. The van der Waals surface area contributed by atoms with Crippen molar-refractivity contribution in [1.29, 1.82) is 0 Å². The number of likely N-dealkylation sites (tertiary alicyclic amines) is 1. The van der Waals surface area contributed by atoms with E-state index in [9.17, 15) is 31.1 Å². The normalized spacial score (nSPS) is 18.7. The molecule has 3 N–H and O–H groups in total. The number of hydrogen-bond acceptors (Lipinski definition) is 6. The van der Waals surface area contributed by atoms with Gasteiger partial charge in [0.05, 0.1) is 34.4 Å². The first-order valence-electron chi connectivity index (χ1n) is 11.9. The van der Waals surface area contributed by atoms with Crippen molar-refractivity contribution in [3.05, 3.63) is 48.2 Å². The Bertz CT molecular complexity index is 1490. The number of sulfone groups is 1. The van der Waals surface area contributed by atoms with Gasteiger partial charge in [0.2, 0.25) is 0 Å². The molecule has 0 amide bonds. The molecular weight excluding hydrogens is 524 g/mol. The van der Waals surface area contributed by atoms with Crippen molar-refractivity contribution in [1.82, 2.24) is 9.47 Å². The van der Waals surface area contributed by atoms with Crippen LogP contribution in [0.4, 0.5) is 28.9 Å². The molecule has 0 bridgehead atoms. The molecule has 2 heterocycles. The summed E-state index contributed by atoms with van der Waals surface area (Å²) in [5.74, 6) is 5.22. The largest absolute Gasteiger partial charge is 0.506 e. The molecule has 1 aliphatic heterocycles. The summed E-state index contributed by atoms with van der Waals surface area (Å²) < 4.78 is 79.2. The molecule has 0 saturated carbocycles. The van der Waals surface area contributed by atoms with E-state index in [1.54, 1.807) is 24.3 Å². The topological polar surface area (TPSA) is 86.6 Å². The molecule has 0 unspecified atom stereocenters. The monoisotopic (exact) mass is 552 g/mol. The lowest BCUT2D eigenvalue weighted by molar-refractivity contribution is -0.140. The van der Waals surface area contributed by atoms with Crippen LogP contribution >= 0.6 is 0 Å². The number of aromatic nitrogens is 1. The van der Waals surface area contributed by atoms with Gasteiger partial charge in [-0.15, -0.1) is 0 Å². The highest BCUT2D eigenvalue weighted by molar-refractivity contribution is 7.90. The van der Waals surface area contributed by atoms with Gasteiger partial charge in [0.25, 0.3) is 0 Å². The molecule has 0 radical (unpaired) electrons. The Morgan fingerprint density at radius 2 is 1.92 bits per heavy atom. The molecule has 2 aromatic carbocycles. The zero-order valence-electron chi connectivity index (χ0n) is 20.8. The summed E-state index contributed by atoms with van der Waals surface area (Å²) in [5.41, 5.74) is 1.22. The number of halogens is 4. The van der Waals surface area contributed by atoms with Crippen LogP contribution in [0.1, 0.15) is 12.1 Å². The summed E-state index contributed by atoms with van der Waals surface area (Å²) in [6.07, 6.45) is -4.03. The Morgan fingerprint density at radius 1 is 1.16 bits per heavy atom. The molecule has 3 aromatic rings. The van der Waals surface area contributed by atoms with Crippen molar-refractivity contribution >= 4 is 32.1 Å². The SMILES string of the molecule is CN1CC[C@H](Nc2cccc3c2cc(C#CCNc2ccc(S(C)(=O)=O)cc2O)n3CC(F)(F)F)[C@H](F)C1. The van der Waals surface area contributed by atoms with E-state index in [2.05, 4.69) is 22.5 Å². The molecule has 2 atom stereocenters. The Balaban J connectivity index is 1.60. The van der Waals surface area contributed by atoms with Crippen LogP contribution in [0.3, 0.4) is 0 Å². The molecular formula is C26H28F4N4O3S. The van der Waals surface area contributed by atoms with Gasteiger partial charge in [0.1, 0.15) is 18.5 Å². The lowest BCUT2D eigenvalue weighted by Crippen LogP contribution is -2.46. The Hall–Kier alpha value is -3.43. The Labute approximate surface area is 218 Å². The first kappa shape index (κ1) is 27.6. The van der Waals surface area contributed by atoms with Crippen LogP contribution < -0.4 is 10.6 Å². The molecule has 12 heteroatoms. The summed E-state index contributed by atoms with van der Waals surface area (Å²) in [6, 6.07) is 9.82. The highest BCUT2D eigenvalue weighted by Gasteiger charge is 2.31. The van der Waals surface area contributed by atoms with Gasteiger partial charge < -0.3 is 25.2 Å². The van der Waals surface area contributed by atoms with Gasteiger partial charge in [-0.3, -0.25) is 0 Å². The predicted molar refractivity (Wildman–Crippen MR) is 139 cm³/mol. The van der Waals surface area contributed by atoms with Crippen molar-refractivity contribution in [2.45, 2.75) is 36.3 Å². The van der Waals surface area contributed by atoms with E-state index >= 15 is 0 Å². The summed E-state index contributed by atoms with van der Waals surface area (Å²) in [7, 11) is -1.65. The number of aromatic hydroxyl groups is 1. The number of phenolic OH excluding ortho intramolecular Hbond substituents is 1. The molecule has 7 nitrogen and oxygen atoms in total. The molecule has 204 valence electrons. The number of benzene rings is 2. The number of nitrogens with zero attached hydrogens (tertiary/aromatic N) is 2. The minimum Gasteiger partial charge on any atom is -0.506 e. The summed E-state index contributed by atoms with van der Waals surface area (Å²) in [6.45, 7) is -0.285. The Morgan fingerprint density at radius 3 is 2.58 bits per heavy atom. The molecule has 0 spiro atoms. The zero-order chi connectivity index (χ0) is 27.7. The third kappa shape index (κ3) is 6.52. The molecule has 1 aromatic heterocycles. The fourth-order valence-corrected chi connectivity index (χ4v) is 5.09. The average Bonchev–Trinajstić information content (AvgIpc) is 3.15. The summed E-state index contributed by atoms with van der Waals surface area (Å²) in [5, 5.41) is 16.6. The number of fused-ring (bicyclic) bond motifs is 1. The van der Waals surface area contributed by atoms with Gasteiger partial charge in [0.15, 0.2) is 9.84 Å². The second-order valence-corrected chi connectivity index (χ2v) is 11.4. The molecule has 1 aliphatic rings. The zero-order valence-corrected chi connectivity index (χ0v) is 21.6. The van der Waals surface area contributed by atoms with Crippen LogP contribution in [0.2, 0.25) is 0 Å². The fourth-order valence-electron chi connectivity index (χ4n) is 4.45. The predicted octanol–water partition coefficient (Wildman–Crippen LogP) is 4.23. The van der Waals surface area contributed by atoms with Crippen molar-refractivity contribution < 1.29 is 31.1 Å². The van der Waals surface area contributed by atoms with Gasteiger partial charge in [-0.05, 0) is 49.7 Å². The maximum Gasteiger partial charge on any atom is 0.406 e. The number of nitrogens with one attached hydrogen (secondary N) is 2. The van der Waals surface area contributed by atoms with Crippen LogP contribution in [-0.4, -0.2) is 74.3 Å². The molecule has 1 fully saturated rings. The number of anilines is 2. The molecule has 1 saturated heterocycles. The van der Waals surface area contributed by atoms with E-state index in [1.165, 1.54) is 12.1 Å². The average molecular weight is 553 g/mol. The van der Waals surface area contributed by atoms with E-state index in [4.69, 9.17) is 0 Å². The van der Waals surface area contributed by atoms with E-state index in [0.717, 1.165) is 16.9 Å². The van der Waals surface area contributed by atoms with Crippen molar-refractivity contribution in [3.8, 4) is 17.6 Å². The molecule has 4 rings (SSSR count). The van der Waals surface area contributed by atoms with E-state index < -0.39 is 34.8 Å². The van der Waals surface area contributed by atoms with Crippen LogP contribution in [0.5, 0.6) is 5.75 Å². The number of hydrogen-bond donors (Lipinski definition) is 3. The standard InChI is InChI=1S/C26H28F4N4O3S/c1-33-12-10-22(20(27)15-33)32-21-6-3-7-24-19(21)13-17(34(24)16-26(28,29)30)5-4-11-31-23-9-8-18(14-25(23)35)38(2,36)37/h3,6-9,13-14,20,22,31-32,35H,10-12,15-16H2,1-2H3/t20-,22+/m1/s1. The van der Waals surface area contributed by atoms with Gasteiger partial charge in [-0.25, -0.2) is 12.8 Å². The number of piperidine rings is 1. The lowest BCUT2D eigenvalue weighted by atomic mass is 10.0. The third-order valence-corrected chi connectivity index (χ3v) is 7.46. The van der Waals surface area contributed by atoms with Crippen LogP contribution in [-0.2, 0) is 16.4 Å². The first-order chi connectivity index (χ1) is 17.8. The maximum absolute atomic E-state index is 14.6. The molecule has 38 heavy (non-hydrogen) atoms. The third-order valence-electron chi connectivity index (χ3n) is 6.35. The van der Waals surface area contributed by atoms with Gasteiger partial charge in [-0.2, -0.15) is 13.2 Å². The van der Waals surface area contributed by atoms with Gasteiger partial charge in [-0.1, -0.05) is 12.0 Å². The van der Waals surface area contributed by atoms with Crippen LogP contribution in [0, 0.1) is 11.8 Å². The van der Waals surface area contributed by atoms with Gasteiger partial charge >= 0.3 is 6.18 Å². The minimum atomic E-state index is -4.49. The van der Waals surface area contributed by atoms with E-state index in [1.807, 2.05) is 11.9 Å². The summed E-state index contributed by atoms with van der Waals surface area (Å²) >= 11 is 0. The van der Waals surface area contributed by atoms with Crippen molar-refractivity contribution in [2.24, 2.45) is 0 Å². The van der Waals surface area contributed by atoms with Crippen molar-refractivity contribution in [2.75, 3.05) is 43.6 Å². The number of phenols is 1. The maximum atomic E-state index is 14.6. The fraction of sp³-hybridized carbons (Fsp3) is 0.385. The highest BCUT2D eigenvalue weighted by Crippen LogP contribution is 2.32. The minimum absolute atomic E-state index is 0.0243. The first-order valence-corrected chi connectivity index (χ1v) is 13.7. The van der Waals surface area contributed by atoms with Crippen LogP contribution in [0.15, 0.2) is 47.4 Å².